The standard InChI is InChI=1S/C12H13BrN2O2/c13-10-7-9(8-16)1-2-11(10)15-5-3-12(17)14-4-6-15/h1-2,7-8H,3-6H2,(H,14,17). The number of benzene rings is 1. The number of carbonyl (C=O) groups is 2. The average molecular weight is 297 g/mol. The summed E-state index contributed by atoms with van der Waals surface area (Å²) in [5, 5.41) is 2.83. The second kappa shape index (κ2) is 5.31. The van der Waals surface area contributed by atoms with E-state index in [1.54, 1.807) is 12.1 Å². The fourth-order valence-corrected chi connectivity index (χ4v) is 2.51. The Morgan fingerprint density at radius 2 is 2.18 bits per heavy atom. The molecule has 0 radical (unpaired) electrons. The normalized spacial score (nSPS) is 16.3. The zero-order valence-corrected chi connectivity index (χ0v) is 10.9. The van der Waals surface area contributed by atoms with Crippen LogP contribution in [-0.4, -0.2) is 31.8 Å². The largest absolute Gasteiger partial charge is 0.368 e. The van der Waals surface area contributed by atoms with E-state index in [0.29, 0.717) is 25.1 Å². The van der Waals surface area contributed by atoms with Crippen LogP contribution in [0, 0.1) is 0 Å². The minimum absolute atomic E-state index is 0.0909. The number of rotatable bonds is 2. The molecule has 4 nitrogen and oxygen atoms in total. The summed E-state index contributed by atoms with van der Waals surface area (Å²) in [5.41, 5.74) is 1.66. The number of hydrogen-bond donors (Lipinski definition) is 1. The zero-order chi connectivity index (χ0) is 12.3. The van der Waals surface area contributed by atoms with Crippen molar-refractivity contribution < 1.29 is 9.59 Å². The molecule has 0 aliphatic carbocycles. The van der Waals surface area contributed by atoms with Crippen molar-refractivity contribution >= 4 is 33.8 Å². The molecule has 0 spiro atoms. The molecule has 2 rings (SSSR count). The lowest BCUT2D eigenvalue weighted by atomic mass is 10.2. The van der Waals surface area contributed by atoms with E-state index in [0.717, 1.165) is 23.0 Å². The van der Waals surface area contributed by atoms with Crippen molar-refractivity contribution in [2.24, 2.45) is 0 Å². The van der Waals surface area contributed by atoms with E-state index in [1.165, 1.54) is 0 Å². The first-order valence-corrected chi connectivity index (χ1v) is 6.26. The second-order valence-electron chi connectivity index (χ2n) is 3.92. The number of carbonyl (C=O) groups excluding carboxylic acids is 2. The summed E-state index contributed by atoms with van der Waals surface area (Å²) in [7, 11) is 0. The fourth-order valence-electron chi connectivity index (χ4n) is 1.86. The van der Waals surface area contributed by atoms with Gasteiger partial charge in [0.1, 0.15) is 6.29 Å². The molecule has 0 bridgehead atoms. The van der Waals surface area contributed by atoms with Crippen LogP contribution in [0.15, 0.2) is 22.7 Å². The van der Waals surface area contributed by atoms with Crippen LogP contribution in [0.1, 0.15) is 16.8 Å². The molecule has 1 amide bonds. The van der Waals surface area contributed by atoms with Gasteiger partial charge >= 0.3 is 0 Å². The van der Waals surface area contributed by atoms with Gasteiger partial charge in [0.05, 0.1) is 5.69 Å². The lowest BCUT2D eigenvalue weighted by Crippen LogP contribution is -2.28. The zero-order valence-electron chi connectivity index (χ0n) is 9.28. The summed E-state index contributed by atoms with van der Waals surface area (Å²) < 4.78 is 0.886. The molecule has 0 aromatic heterocycles. The van der Waals surface area contributed by atoms with Crippen LogP contribution in [-0.2, 0) is 4.79 Å². The topological polar surface area (TPSA) is 49.4 Å². The number of halogens is 1. The number of nitrogens with one attached hydrogen (secondary N) is 1. The predicted octanol–water partition coefficient (Wildman–Crippen LogP) is 1.59. The molecule has 1 fully saturated rings. The van der Waals surface area contributed by atoms with Crippen molar-refractivity contribution in [3.63, 3.8) is 0 Å². The number of amides is 1. The maximum absolute atomic E-state index is 11.2. The molecular weight excluding hydrogens is 284 g/mol. The van der Waals surface area contributed by atoms with Gasteiger partial charge < -0.3 is 10.2 Å². The molecule has 0 saturated carbocycles. The third-order valence-electron chi connectivity index (χ3n) is 2.76. The Morgan fingerprint density at radius 3 is 2.88 bits per heavy atom. The Morgan fingerprint density at radius 1 is 1.35 bits per heavy atom. The van der Waals surface area contributed by atoms with Gasteiger partial charge in [0.25, 0.3) is 0 Å². The lowest BCUT2D eigenvalue weighted by Gasteiger charge is -2.23. The highest BCUT2D eigenvalue weighted by molar-refractivity contribution is 9.10. The summed E-state index contributed by atoms with van der Waals surface area (Å²) >= 11 is 3.46. The van der Waals surface area contributed by atoms with Gasteiger partial charge in [-0.1, -0.05) is 0 Å². The van der Waals surface area contributed by atoms with E-state index in [4.69, 9.17) is 0 Å². The Kier molecular flexibility index (Phi) is 3.78. The predicted molar refractivity (Wildman–Crippen MR) is 69.4 cm³/mol. The van der Waals surface area contributed by atoms with Gasteiger partial charge in [-0.05, 0) is 34.1 Å². The highest BCUT2D eigenvalue weighted by atomic mass is 79.9. The molecule has 1 aromatic rings. The molecule has 1 saturated heterocycles. The van der Waals surface area contributed by atoms with Crippen LogP contribution in [0.3, 0.4) is 0 Å². The molecular formula is C12H13BrN2O2. The van der Waals surface area contributed by atoms with Gasteiger partial charge in [0.15, 0.2) is 0 Å². The Bertz CT molecular complexity index is 448. The Hall–Kier alpha value is -1.36. The first kappa shape index (κ1) is 12.1. The van der Waals surface area contributed by atoms with Crippen LogP contribution < -0.4 is 10.2 Å². The first-order valence-electron chi connectivity index (χ1n) is 5.47. The van der Waals surface area contributed by atoms with Gasteiger partial charge in [-0.2, -0.15) is 0 Å². The third kappa shape index (κ3) is 2.85. The quantitative estimate of drug-likeness (QED) is 0.843. The van der Waals surface area contributed by atoms with Crippen LogP contribution >= 0.6 is 15.9 Å². The Balaban J connectivity index is 2.21. The number of anilines is 1. The second-order valence-corrected chi connectivity index (χ2v) is 4.77. The fraction of sp³-hybridized carbons (Fsp3) is 0.333. The summed E-state index contributed by atoms with van der Waals surface area (Å²) in [6, 6.07) is 5.49. The van der Waals surface area contributed by atoms with Gasteiger partial charge in [-0.15, -0.1) is 0 Å². The van der Waals surface area contributed by atoms with E-state index in [9.17, 15) is 9.59 Å². The Labute approximate surface area is 108 Å². The highest BCUT2D eigenvalue weighted by Crippen LogP contribution is 2.27. The molecule has 1 aliphatic rings. The van der Waals surface area contributed by atoms with Crippen LogP contribution in [0.4, 0.5) is 5.69 Å². The van der Waals surface area contributed by atoms with E-state index in [1.807, 2.05) is 6.07 Å². The first-order chi connectivity index (χ1) is 8.20. The van der Waals surface area contributed by atoms with Crippen LogP contribution in [0.2, 0.25) is 0 Å². The minimum atomic E-state index is 0.0909. The van der Waals surface area contributed by atoms with Gasteiger partial charge in [0, 0.05) is 36.1 Å². The molecule has 1 aliphatic heterocycles. The summed E-state index contributed by atoms with van der Waals surface area (Å²) in [6.45, 7) is 2.14. The highest BCUT2D eigenvalue weighted by Gasteiger charge is 2.15. The lowest BCUT2D eigenvalue weighted by molar-refractivity contribution is -0.120. The van der Waals surface area contributed by atoms with Crippen molar-refractivity contribution in [2.75, 3.05) is 24.5 Å². The van der Waals surface area contributed by atoms with Crippen molar-refractivity contribution in [3.05, 3.63) is 28.2 Å². The van der Waals surface area contributed by atoms with E-state index in [2.05, 4.69) is 26.1 Å². The minimum Gasteiger partial charge on any atom is -0.368 e. The molecule has 1 N–H and O–H groups in total. The molecule has 5 heteroatoms. The summed E-state index contributed by atoms with van der Waals surface area (Å²) in [4.78, 5) is 24.0. The average Bonchev–Trinajstić information content (AvgIpc) is 2.54. The van der Waals surface area contributed by atoms with Crippen molar-refractivity contribution in [1.29, 1.82) is 0 Å². The number of nitrogens with zero attached hydrogens (tertiary/aromatic N) is 1. The number of aldehydes is 1. The van der Waals surface area contributed by atoms with Crippen molar-refractivity contribution in [2.45, 2.75) is 6.42 Å². The van der Waals surface area contributed by atoms with Gasteiger partial charge in [-0.25, -0.2) is 0 Å². The van der Waals surface area contributed by atoms with Crippen molar-refractivity contribution in [1.82, 2.24) is 5.32 Å². The molecule has 90 valence electrons. The van der Waals surface area contributed by atoms with Crippen molar-refractivity contribution in [3.8, 4) is 0 Å². The van der Waals surface area contributed by atoms with E-state index >= 15 is 0 Å². The summed E-state index contributed by atoms with van der Waals surface area (Å²) in [6.07, 6.45) is 1.32. The van der Waals surface area contributed by atoms with Crippen LogP contribution in [0.25, 0.3) is 0 Å². The van der Waals surface area contributed by atoms with Gasteiger partial charge in [-0.3, -0.25) is 9.59 Å². The molecule has 0 unspecified atom stereocenters. The maximum atomic E-state index is 11.2. The molecule has 1 aromatic carbocycles. The maximum Gasteiger partial charge on any atom is 0.221 e. The monoisotopic (exact) mass is 296 g/mol. The molecule has 1 heterocycles. The summed E-state index contributed by atoms with van der Waals surface area (Å²) in [5.74, 6) is 0.0909. The number of hydrogen-bond acceptors (Lipinski definition) is 3. The third-order valence-corrected chi connectivity index (χ3v) is 3.40. The van der Waals surface area contributed by atoms with E-state index in [-0.39, 0.29) is 5.91 Å². The molecule has 0 atom stereocenters. The van der Waals surface area contributed by atoms with Crippen LogP contribution in [0.5, 0.6) is 0 Å². The SMILES string of the molecule is O=Cc1ccc(N2CCNC(=O)CC2)c(Br)c1. The van der Waals surface area contributed by atoms with E-state index < -0.39 is 0 Å². The smallest absolute Gasteiger partial charge is 0.221 e. The molecule has 17 heavy (non-hydrogen) atoms. The van der Waals surface area contributed by atoms with Gasteiger partial charge in [0.2, 0.25) is 5.91 Å².